The highest BCUT2D eigenvalue weighted by Gasteiger charge is 2.22. The summed E-state index contributed by atoms with van der Waals surface area (Å²) in [4.78, 5) is 0. The predicted molar refractivity (Wildman–Crippen MR) is 73.1 cm³/mol. The fraction of sp³-hybridized carbons (Fsp3) is 0.200. The van der Waals surface area contributed by atoms with Gasteiger partial charge in [-0.3, -0.25) is 0 Å². The Kier molecular flexibility index (Phi) is 3.88. The van der Waals surface area contributed by atoms with Crippen LogP contribution in [-0.4, -0.2) is 0 Å². The lowest BCUT2D eigenvalue weighted by Gasteiger charge is -2.25. The minimum atomic E-state index is -0.775. The monoisotopic (exact) mass is 281 g/mol. The Labute approximate surface area is 116 Å². The lowest BCUT2D eigenvalue weighted by molar-refractivity contribution is 0.484. The van der Waals surface area contributed by atoms with E-state index in [1.807, 2.05) is 0 Å². The third-order valence-corrected chi connectivity index (χ3v) is 3.35. The highest BCUT2D eigenvalue weighted by molar-refractivity contribution is 6.30. The summed E-state index contributed by atoms with van der Waals surface area (Å²) >= 11 is 5.63. The molecule has 0 saturated heterocycles. The van der Waals surface area contributed by atoms with Gasteiger partial charge in [0.1, 0.15) is 11.6 Å². The van der Waals surface area contributed by atoms with Crippen LogP contribution in [0.5, 0.6) is 0 Å². The largest absolute Gasteiger partial charge is 0.321 e. The van der Waals surface area contributed by atoms with Crippen molar-refractivity contribution in [3.63, 3.8) is 0 Å². The van der Waals surface area contributed by atoms with Crippen molar-refractivity contribution in [2.45, 2.75) is 18.9 Å². The van der Waals surface area contributed by atoms with E-state index in [2.05, 4.69) is 0 Å². The van der Waals surface area contributed by atoms with Crippen LogP contribution in [0.25, 0.3) is 0 Å². The molecule has 0 heterocycles. The van der Waals surface area contributed by atoms with Crippen LogP contribution in [0.4, 0.5) is 8.78 Å². The average Bonchev–Trinajstić information content (AvgIpc) is 2.33. The molecule has 2 aromatic rings. The zero-order valence-electron chi connectivity index (χ0n) is 10.5. The first-order valence-corrected chi connectivity index (χ1v) is 6.25. The summed E-state index contributed by atoms with van der Waals surface area (Å²) in [5.41, 5.74) is 6.82. The Morgan fingerprint density at radius 3 is 2.53 bits per heavy atom. The molecule has 19 heavy (non-hydrogen) atoms. The van der Waals surface area contributed by atoms with Crippen molar-refractivity contribution in [3.05, 3.63) is 70.2 Å². The molecular weight excluding hydrogens is 268 g/mol. The molecule has 0 aliphatic carbocycles. The van der Waals surface area contributed by atoms with Gasteiger partial charge >= 0.3 is 0 Å². The lowest BCUT2D eigenvalue weighted by atomic mass is 9.86. The molecule has 0 radical (unpaired) electrons. The molecule has 0 bridgehead atoms. The highest BCUT2D eigenvalue weighted by Crippen LogP contribution is 2.25. The quantitative estimate of drug-likeness (QED) is 0.903. The van der Waals surface area contributed by atoms with E-state index in [0.717, 1.165) is 5.56 Å². The van der Waals surface area contributed by atoms with Crippen LogP contribution in [0.2, 0.25) is 5.02 Å². The van der Waals surface area contributed by atoms with Crippen LogP contribution < -0.4 is 5.73 Å². The topological polar surface area (TPSA) is 26.0 Å². The molecule has 2 aromatic carbocycles. The molecule has 1 nitrogen and oxygen atoms in total. The second-order valence-electron chi connectivity index (χ2n) is 4.85. The minimum Gasteiger partial charge on any atom is -0.321 e. The van der Waals surface area contributed by atoms with Gasteiger partial charge in [-0.2, -0.15) is 0 Å². The first kappa shape index (κ1) is 14.0. The number of hydrogen-bond acceptors (Lipinski definition) is 1. The standard InChI is InChI=1S/C15H14ClF2N/c1-15(19,11-3-2-4-12(17)8-11)9-10-5-6-13(16)14(18)7-10/h2-8H,9,19H2,1H3. The van der Waals surface area contributed by atoms with E-state index in [1.165, 1.54) is 24.3 Å². The normalized spacial score (nSPS) is 14.2. The van der Waals surface area contributed by atoms with Gasteiger partial charge in [-0.25, -0.2) is 8.78 Å². The van der Waals surface area contributed by atoms with E-state index in [1.54, 1.807) is 25.1 Å². The first-order chi connectivity index (χ1) is 8.88. The van der Waals surface area contributed by atoms with Crippen molar-refractivity contribution >= 4 is 11.6 Å². The third kappa shape index (κ3) is 3.31. The summed E-state index contributed by atoms with van der Waals surface area (Å²) in [6.45, 7) is 1.79. The number of benzene rings is 2. The molecule has 0 saturated carbocycles. The van der Waals surface area contributed by atoms with Gasteiger partial charge in [0.15, 0.2) is 0 Å². The summed E-state index contributed by atoms with van der Waals surface area (Å²) in [5.74, 6) is -0.814. The molecule has 0 fully saturated rings. The van der Waals surface area contributed by atoms with Crippen LogP contribution in [-0.2, 0) is 12.0 Å². The van der Waals surface area contributed by atoms with E-state index in [9.17, 15) is 8.78 Å². The fourth-order valence-corrected chi connectivity index (χ4v) is 2.14. The Hall–Kier alpha value is -1.45. The molecule has 100 valence electrons. The van der Waals surface area contributed by atoms with Crippen molar-refractivity contribution in [1.29, 1.82) is 0 Å². The van der Waals surface area contributed by atoms with Gasteiger partial charge in [0.05, 0.1) is 5.02 Å². The molecule has 2 N–H and O–H groups in total. The van der Waals surface area contributed by atoms with E-state index in [-0.39, 0.29) is 10.8 Å². The van der Waals surface area contributed by atoms with Gasteiger partial charge in [0, 0.05) is 5.54 Å². The fourth-order valence-electron chi connectivity index (χ4n) is 2.02. The third-order valence-electron chi connectivity index (χ3n) is 3.04. The summed E-state index contributed by atoms with van der Waals surface area (Å²) < 4.78 is 26.6. The van der Waals surface area contributed by atoms with Gasteiger partial charge in [-0.15, -0.1) is 0 Å². The maximum Gasteiger partial charge on any atom is 0.142 e. The maximum absolute atomic E-state index is 13.4. The van der Waals surface area contributed by atoms with Crippen molar-refractivity contribution in [2.24, 2.45) is 5.73 Å². The van der Waals surface area contributed by atoms with E-state index >= 15 is 0 Å². The Bertz CT molecular complexity index is 596. The molecule has 1 atom stereocenters. The molecule has 0 spiro atoms. The minimum absolute atomic E-state index is 0.0771. The summed E-state index contributed by atoms with van der Waals surface area (Å²) in [7, 11) is 0. The first-order valence-electron chi connectivity index (χ1n) is 5.87. The van der Waals surface area contributed by atoms with Gasteiger partial charge in [0.25, 0.3) is 0 Å². The SMILES string of the molecule is CC(N)(Cc1ccc(Cl)c(F)c1)c1cccc(F)c1. The van der Waals surface area contributed by atoms with E-state index in [4.69, 9.17) is 17.3 Å². The van der Waals surface area contributed by atoms with Gasteiger partial charge in [-0.05, 0) is 48.7 Å². The van der Waals surface area contributed by atoms with Crippen LogP contribution in [0.3, 0.4) is 0 Å². The molecule has 0 aliphatic rings. The second kappa shape index (κ2) is 5.27. The number of hydrogen-bond donors (Lipinski definition) is 1. The maximum atomic E-state index is 13.4. The molecule has 0 aromatic heterocycles. The Morgan fingerprint density at radius 1 is 1.16 bits per heavy atom. The van der Waals surface area contributed by atoms with Crippen molar-refractivity contribution in [3.8, 4) is 0 Å². The van der Waals surface area contributed by atoms with Crippen LogP contribution in [0, 0.1) is 11.6 Å². The van der Waals surface area contributed by atoms with Crippen LogP contribution in [0.15, 0.2) is 42.5 Å². The summed E-state index contributed by atoms with van der Waals surface area (Å²) in [6.07, 6.45) is 0.393. The second-order valence-corrected chi connectivity index (χ2v) is 5.26. The van der Waals surface area contributed by atoms with Gasteiger partial charge in [0.2, 0.25) is 0 Å². The average molecular weight is 282 g/mol. The molecule has 4 heteroatoms. The number of halogens is 3. The summed E-state index contributed by atoms with van der Waals surface area (Å²) in [6, 6.07) is 10.7. The Morgan fingerprint density at radius 2 is 1.89 bits per heavy atom. The zero-order chi connectivity index (χ0) is 14.0. The van der Waals surface area contributed by atoms with Crippen molar-refractivity contribution in [1.82, 2.24) is 0 Å². The highest BCUT2D eigenvalue weighted by atomic mass is 35.5. The van der Waals surface area contributed by atoms with Crippen molar-refractivity contribution < 1.29 is 8.78 Å². The van der Waals surface area contributed by atoms with Crippen LogP contribution in [0.1, 0.15) is 18.1 Å². The van der Waals surface area contributed by atoms with Crippen LogP contribution >= 0.6 is 11.6 Å². The predicted octanol–water partition coefficient (Wildman–Crippen LogP) is 4.03. The number of rotatable bonds is 3. The lowest BCUT2D eigenvalue weighted by Crippen LogP contribution is -2.35. The van der Waals surface area contributed by atoms with Gasteiger partial charge in [-0.1, -0.05) is 29.8 Å². The summed E-state index contributed by atoms with van der Waals surface area (Å²) in [5, 5.41) is 0.0771. The van der Waals surface area contributed by atoms with E-state index < -0.39 is 11.4 Å². The molecule has 2 rings (SSSR count). The van der Waals surface area contributed by atoms with Crippen molar-refractivity contribution in [2.75, 3.05) is 0 Å². The smallest absolute Gasteiger partial charge is 0.142 e. The Balaban J connectivity index is 2.27. The number of nitrogens with two attached hydrogens (primary N) is 1. The van der Waals surface area contributed by atoms with E-state index in [0.29, 0.717) is 12.0 Å². The molecule has 0 amide bonds. The molecular formula is C15H14ClF2N. The molecule has 0 aliphatic heterocycles. The molecule has 1 unspecified atom stereocenters. The van der Waals surface area contributed by atoms with Gasteiger partial charge < -0.3 is 5.73 Å². The zero-order valence-corrected chi connectivity index (χ0v) is 11.2.